The summed E-state index contributed by atoms with van der Waals surface area (Å²) in [5.74, 6) is -1.41. The zero-order valence-electron chi connectivity index (χ0n) is 16.4. The maximum atomic E-state index is 12.6. The van der Waals surface area contributed by atoms with Gasteiger partial charge < -0.3 is 20.5 Å². The maximum Gasteiger partial charge on any atom is 0.341 e. The van der Waals surface area contributed by atoms with E-state index in [0.29, 0.717) is 5.69 Å². The summed E-state index contributed by atoms with van der Waals surface area (Å²) in [6.45, 7) is 5.06. The summed E-state index contributed by atoms with van der Waals surface area (Å²) in [6, 6.07) is 9.22. The van der Waals surface area contributed by atoms with Gasteiger partial charge in [-0.2, -0.15) is 0 Å². The molecule has 0 bridgehead atoms. The first-order chi connectivity index (χ1) is 13.7. The molecule has 0 saturated heterocycles. The molecule has 29 heavy (non-hydrogen) atoms. The predicted molar refractivity (Wildman–Crippen MR) is 108 cm³/mol. The van der Waals surface area contributed by atoms with Crippen LogP contribution in [-0.2, 0) is 9.53 Å². The van der Waals surface area contributed by atoms with E-state index in [4.69, 9.17) is 9.84 Å². The number of nitrogens with zero attached hydrogens (tertiary/aromatic N) is 1. The molecule has 1 amide bonds. The molecule has 1 atom stereocenters. The first-order valence-corrected chi connectivity index (χ1v) is 8.95. The number of hydrogen-bond acceptors (Lipinski definition) is 7. The minimum atomic E-state index is -1.13. The second-order valence-corrected chi connectivity index (χ2v) is 6.44. The molecular formula is C20H23N3O6. The summed E-state index contributed by atoms with van der Waals surface area (Å²) >= 11 is 0. The van der Waals surface area contributed by atoms with Gasteiger partial charge in [0, 0.05) is 30.1 Å². The number of carbonyl (C=O) groups excluding carboxylic acids is 2. The molecule has 0 unspecified atom stereocenters. The van der Waals surface area contributed by atoms with Gasteiger partial charge in [-0.1, -0.05) is 18.2 Å². The minimum Gasteiger partial charge on any atom is -0.449 e. The molecule has 3 N–H and O–H groups in total. The van der Waals surface area contributed by atoms with E-state index in [2.05, 4.69) is 10.6 Å². The van der Waals surface area contributed by atoms with Crippen LogP contribution in [0.1, 0.15) is 28.4 Å². The number of rotatable bonds is 8. The smallest absolute Gasteiger partial charge is 0.341 e. The molecule has 0 spiro atoms. The number of aryl methyl sites for hydroxylation is 2. The van der Waals surface area contributed by atoms with Crippen molar-refractivity contribution in [2.75, 3.05) is 23.8 Å². The van der Waals surface area contributed by atoms with Gasteiger partial charge in [-0.05, 0) is 38.0 Å². The van der Waals surface area contributed by atoms with E-state index in [0.717, 1.165) is 17.2 Å². The van der Waals surface area contributed by atoms with Gasteiger partial charge in [0.05, 0.1) is 17.1 Å². The van der Waals surface area contributed by atoms with Gasteiger partial charge in [0.15, 0.2) is 6.10 Å². The van der Waals surface area contributed by atoms with Gasteiger partial charge in [-0.25, -0.2) is 4.79 Å². The number of esters is 1. The summed E-state index contributed by atoms with van der Waals surface area (Å²) < 4.78 is 5.23. The Labute approximate surface area is 167 Å². The number of ether oxygens (including phenoxy) is 1. The van der Waals surface area contributed by atoms with E-state index >= 15 is 0 Å². The molecule has 0 aliphatic heterocycles. The van der Waals surface area contributed by atoms with Crippen molar-refractivity contribution in [3.8, 4) is 0 Å². The Morgan fingerprint density at radius 2 is 1.86 bits per heavy atom. The Kier molecular flexibility index (Phi) is 7.27. The zero-order valence-corrected chi connectivity index (χ0v) is 16.4. The van der Waals surface area contributed by atoms with Gasteiger partial charge >= 0.3 is 5.97 Å². The molecular weight excluding hydrogens is 378 g/mol. The van der Waals surface area contributed by atoms with Crippen molar-refractivity contribution in [1.29, 1.82) is 0 Å². The molecule has 0 aromatic heterocycles. The van der Waals surface area contributed by atoms with Crippen LogP contribution in [-0.4, -0.2) is 41.2 Å². The van der Waals surface area contributed by atoms with Crippen molar-refractivity contribution in [3.63, 3.8) is 0 Å². The number of hydrogen-bond donors (Lipinski definition) is 3. The topological polar surface area (TPSA) is 131 Å². The van der Waals surface area contributed by atoms with Gasteiger partial charge in [0.25, 0.3) is 11.6 Å². The normalized spacial score (nSPS) is 11.4. The number of benzene rings is 2. The Bertz CT molecular complexity index is 908. The van der Waals surface area contributed by atoms with Crippen LogP contribution in [0, 0.1) is 24.0 Å². The zero-order chi connectivity index (χ0) is 21.6. The van der Waals surface area contributed by atoms with Gasteiger partial charge in [0.1, 0.15) is 0 Å². The monoisotopic (exact) mass is 401 g/mol. The summed E-state index contributed by atoms with van der Waals surface area (Å²) in [6.07, 6.45) is -1.13. The number of nitrogens with one attached hydrogen (secondary N) is 2. The van der Waals surface area contributed by atoms with E-state index in [1.54, 1.807) is 0 Å². The fourth-order valence-corrected chi connectivity index (χ4v) is 2.67. The van der Waals surface area contributed by atoms with E-state index < -0.39 is 22.9 Å². The number of amides is 1. The highest BCUT2D eigenvalue weighted by Crippen LogP contribution is 2.24. The first kappa shape index (κ1) is 21.8. The number of anilines is 2. The molecule has 0 heterocycles. The third kappa shape index (κ3) is 5.52. The molecule has 0 fully saturated rings. The van der Waals surface area contributed by atoms with Crippen molar-refractivity contribution in [2.24, 2.45) is 0 Å². The molecule has 154 valence electrons. The fourth-order valence-electron chi connectivity index (χ4n) is 2.67. The van der Waals surface area contributed by atoms with Crippen molar-refractivity contribution < 1.29 is 24.4 Å². The molecule has 0 aliphatic rings. The van der Waals surface area contributed by atoms with Crippen LogP contribution >= 0.6 is 0 Å². The summed E-state index contributed by atoms with van der Waals surface area (Å²) in [5.41, 5.74) is 2.24. The number of nitro benzene ring substituents is 1. The molecule has 2 aromatic rings. The van der Waals surface area contributed by atoms with E-state index in [1.807, 2.05) is 32.0 Å². The van der Waals surface area contributed by atoms with Gasteiger partial charge in [-0.15, -0.1) is 0 Å². The number of aliphatic hydroxyl groups is 1. The first-order valence-electron chi connectivity index (χ1n) is 8.95. The summed E-state index contributed by atoms with van der Waals surface area (Å²) in [4.78, 5) is 35.4. The van der Waals surface area contributed by atoms with Crippen LogP contribution in [0.4, 0.5) is 17.1 Å². The number of para-hydroxylation sites is 1. The lowest BCUT2D eigenvalue weighted by molar-refractivity contribution is -0.384. The standard InChI is InChI=1S/C20H23N3O6/c1-12-5-4-6-13(2)18(12)22-19(25)14(3)29-20(26)16-11-15(23(27)28)7-8-17(16)21-9-10-24/h4-8,11,14,21,24H,9-10H2,1-3H3,(H,22,25)/t14-/m1/s1. The van der Waals surface area contributed by atoms with Crippen molar-refractivity contribution in [2.45, 2.75) is 26.9 Å². The average molecular weight is 401 g/mol. The highest BCUT2D eigenvalue weighted by atomic mass is 16.6. The molecule has 9 heteroatoms. The van der Waals surface area contributed by atoms with Crippen molar-refractivity contribution in [1.82, 2.24) is 0 Å². The quantitative estimate of drug-likeness (QED) is 0.352. The Balaban J connectivity index is 2.18. The van der Waals surface area contributed by atoms with Crippen LogP contribution < -0.4 is 10.6 Å². The van der Waals surface area contributed by atoms with E-state index in [9.17, 15) is 19.7 Å². The lowest BCUT2D eigenvalue weighted by Gasteiger charge is -2.17. The molecule has 0 radical (unpaired) electrons. The average Bonchev–Trinajstić information content (AvgIpc) is 2.68. The van der Waals surface area contributed by atoms with Crippen LogP contribution in [0.15, 0.2) is 36.4 Å². The number of aliphatic hydroxyl groups excluding tert-OH is 1. The lowest BCUT2D eigenvalue weighted by Crippen LogP contribution is -2.30. The molecule has 0 saturated carbocycles. The summed E-state index contributed by atoms with van der Waals surface area (Å²) in [7, 11) is 0. The highest BCUT2D eigenvalue weighted by Gasteiger charge is 2.23. The second kappa shape index (κ2) is 9.65. The molecule has 9 nitrogen and oxygen atoms in total. The van der Waals surface area contributed by atoms with Crippen LogP contribution in [0.2, 0.25) is 0 Å². The molecule has 2 aromatic carbocycles. The fraction of sp³-hybridized carbons (Fsp3) is 0.300. The number of carbonyl (C=O) groups is 2. The van der Waals surface area contributed by atoms with Gasteiger partial charge in [0.2, 0.25) is 0 Å². The lowest BCUT2D eigenvalue weighted by atomic mass is 10.1. The highest BCUT2D eigenvalue weighted by molar-refractivity contribution is 6.00. The summed E-state index contributed by atoms with van der Waals surface area (Å²) in [5, 5.41) is 25.5. The number of nitro groups is 1. The Morgan fingerprint density at radius 1 is 1.21 bits per heavy atom. The van der Waals surface area contributed by atoms with E-state index in [1.165, 1.54) is 19.1 Å². The minimum absolute atomic E-state index is 0.0978. The van der Waals surface area contributed by atoms with Crippen molar-refractivity contribution >= 4 is 28.9 Å². The van der Waals surface area contributed by atoms with Crippen LogP contribution in [0.5, 0.6) is 0 Å². The Morgan fingerprint density at radius 3 is 2.45 bits per heavy atom. The SMILES string of the molecule is Cc1cccc(C)c1NC(=O)[C@@H](C)OC(=O)c1cc([N+](=O)[O-])ccc1NCCO. The Hall–Kier alpha value is -3.46. The van der Waals surface area contributed by atoms with Crippen LogP contribution in [0.25, 0.3) is 0 Å². The maximum absolute atomic E-state index is 12.6. The third-order valence-electron chi connectivity index (χ3n) is 4.24. The largest absolute Gasteiger partial charge is 0.449 e. The van der Waals surface area contributed by atoms with Crippen LogP contribution in [0.3, 0.4) is 0 Å². The molecule has 0 aliphatic carbocycles. The van der Waals surface area contributed by atoms with Gasteiger partial charge in [-0.3, -0.25) is 14.9 Å². The van der Waals surface area contributed by atoms with Crippen molar-refractivity contribution in [3.05, 3.63) is 63.2 Å². The second-order valence-electron chi connectivity index (χ2n) is 6.44. The third-order valence-corrected chi connectivity index (χ3v) is 4.24. The predicted octanol–water partition coefficient (Wildman–Crippen LogP) is 2.80. The number of non-ortho nitro benzene ring substituents is 1. The molecule has 2 rings (SSSR count). The van der Waals surface area contributed by atoms with E-state index in [-0.39, 0.29) is 30.1 Å².